The molecule has 0 spiro atoms. The van der Waals surface area contributed by atoms with Crippen molar-refractivity contribution in [3.63, 3.8) is 0 Å². The van der Waals surface area contributed by atoms with Gasteiger partial charge < -0.3 is 14.8 Å². The molecule has 4 nitrogen and oxygen atoms in total. The van der Waals surface area contributed by atoms with Crippen molar-refractivity contribution in [2.75, 3.05) is 23.3 Å². The van der Waals surface area contributed by atoms with Crippen LogP contribution in [0.3, 0.4) is 0 Å². The highest BCUT2D eigenvalue weighted by Gasteiger charge is 2.06. The number of anilines is 3. The maximum absolute atomic E-state index is 4.36. The van der Waals surface area contributed by atoms with Crippen molar-refractivity contribution in [3.8, 4) is 0 Å². The molecule has 108 valence electrons. The number of imidazole rings is 1. The van der Waals surface area contributed by atoms with E-state index in [1.54, 1.807) is 0 Å². The van der Waals surface area contributed by atoms with Crippen LogP contribution in [0.5, 0.6) is 0 Å². The van der Waals surface area contributed by atoms with Gasteiger partial charge in [-0.2, -0.15) is 0 Å². The molecule has 1 aromatic carbocycles. The predicted octanol–water partition coefficient (Wildman–Crippen LogP) is 4.05. The highest BCUT2D eigenvalue weighted by Crippen LogP contribution is 2.21. The van der Waals surface area contributed by atoms with E-state index in [-0.39, 0.29) is 0 Å². The van der Waals surface area contributed by atoms with Crippen molar-refractivity contribution in [1.82, 2.24) is 9.55 Å². The zero-order valence-electron chi connectivity index (χ0n) is 12.8. The van der Waals surface area contributed by atoms with E-state index in [0.717, 1.165) is 24.7 Å². The van der Waals surface area contributed by atoms with Gasteiger partial charge in [-0.05, 0) is 52.0 Å². The molecule has 0 aliphatic rings. The average Bonchev–Trinajstić information content (AvgIpc) is 2.90. The minimum atomic E-state index is 0.398. The third-order valence-corrected chi connectivity index (χ3v) is 3.48. The number of nitrogens with one attached hydrogen (secondary N) is 1. The van der Waals surface area contributed by atoms with Crippen molar-refractivity contribution in [2.45, 2.75) is 33.7 Å². The molecule has 1 N–H and O–H groups in total. The molecule has 0 radical (unpaired) electrons. The maximum Gasteiger partial charge on any atom is 0.207 e. The first kappa shape index (κ1) is 14.4. The standard InChI is InChI=1S/C16H24N4/c1-5-19(6-2)15-9-7-14(8-10-15)18-16-17-11-12-20(16)13(3)4/h7-13H,5-6H2,1-4H3,(H,17,18). The zero-order valence-corrected chi connectivity index (χ0v) is 12.8. The first-order valence-corrected chi connectivity index (χ1v) is 7.30. The van der Waals surface area contributed by atoms with Crippen LogP contribution in [0, 0.1) is 0 Å². The van der Waals surface area contributed by atoms with Gasteiger partial charge in [-0.1, -0.05) is 0 Å². The molecule has 0 unspecified atom stereocenters. The van der Waals surface area contributed by atoms with Crippen LogP contribution in [0.25, 0.3) is 0 Å². The van der Waals surface area contributed by atoms with E-state index >= 15 is 0 Å². The van der Waals surface area contributed by atoms with Crippen LogP contribution >= 0.6 is 0 Å². The Hall–Kier alpha value is -1.97. The van der Waals surface area contributed by atoms with E-state index in [2.05, 4.69) is 71.7 Å². The molecule has 0 bridgehead atoms. The fraction of sp³-hybridized carbons (Fsp3) is 0.438. The molecule has 2 rings (SSSR count). The summed E-state index contributed by atoms with van der Waals surface area (Å²) in [7, 11) is 0. The lowest BCUT2D eigenvalue weighted by Crippen LogP contribution is -2.21. The first-order valence-electron chi connectivity index (χ1n) is 7.30. The Labute approximate surface area is 121 Å². The van der Waals surface area contributed by atoms with E-state index < -0.39 is 0 Å². The van der Waals surface area contributed by atoms with Crippen LogP contribution in [0.4, 0.5) is 17.3 Å². The highest BCUT2D eigenvalue weighted by atomic mass is 15.2. The highest BCUT2D eigenvalue weighted by molar-refractivity contribution is 5.59. The molecule has 0 amide bonds. The van der Waals surface area contributed by atoms with Crippen LogP contribution in [-0.4, -0.2) is 22.6 Å². The molecule has 0 atom stereocenters. The molecule has 0 saturated heterocycles. The molecule has 0 fully saturated rings. The lowest BCUT2D eigenvalue weighted by Gasteiger charge is -2.21. The molecular formula is C16H24N4. The molecule has 0 aliphatic heterocycles. The monoisotopic (exact) mass is 272 g/mol. The Morgan fingerprint density at radius 3 is 2.35 bits per heavy atom. The van der Waals surface area contributed by atoms with Crippen LogP contribution in [0.2, 0.25) is 0 Å². The van der Waals surface area contributed by atoms with Gasteiger partial charge in [-0.25, -0.2) is 4.98 Å². The van der Waals surface area contributed by atoms with Gasteiger partial charge in [0.15, 0.2) is 0 Å². The number of hydrogen-bond donors (Lipinski definition) is 1. The molecule has 1 aromatic heterocycles. The minimum Gasteiger partial charge on any atom is -0.372 e. The van der Waals surface area contributed by atoms with Gasteiger partial charge in [0.2, 0.25) is 5.95 Å². The summed E-state index contributed by atoms with van der Waals surface area (Å²) in [5.41, 5.74) is 2.32. The Morgan fingerprint density at radius 1 is 1.15 bits per heavy atom. The second-order valence-corrected chi connectivity index (χ2v) is 5.10. The van der Waals surface area contributed by atoms with Crippen LogP contribution in [-0.2, 0) is 0 Å². The van der Waals surface area contributed by atoms with Gasteiger partial charge in [0.25, 0.3) is 0 Å². The lowest BCUT2D eigenvalue weighted by molar-refractivity contribution is 0.608. The van der Waals surface area contributed by atoms with Crippen LogP contribution in [0.1, 0.15) is 33.7 Å². The van der Waals surface area contributed by atoms with Gasteiger partial charge in [0, 0.05) is 42.9 Å². The van der Waals surface area contributed by atoms with Gasteiger partial charge >= 0.3 is 0 Å². The Bertz CT molecular complexity index is 524. The quantitative estimate of drug-likeness (QED) is 0.861. The van der Waals surface area contributed by atoms with Gasteiger partial charge in [-0.3, -0.25) is 0 Å². The summed E-state index contributed by atoms with van der Waals surface area (Å²) < 4.78 is 2.12. The molecule has 1 heterocycles. The van der Waals surface area contributed by atoms with Crippen LogP contribution < -0.4 is 10.2 Å². The molecule has 20 heavy (non-hydrogen) atoms. The van der Waals surface area contributed by atoms with E-state index in [0.29, 0.717) is 6.04 Å². The summed E-state index contributed by atoms with van der Waals surface area (Å²) in [5, 5.41) is 3.37. The number of nitrogens with zero attached hydrogens (tertiary/aromatic N) is 3. The average molecular weight is 272 g/mol. The topological polar surface area (TPSA) is 33.1 Å². The normalized spacial score (nSPS) is 10.8. The summed E-state index contributed by atoms with van der Waals surface area (Å²) in [6, 6.07) is 8.91. The number of rotatable bonds is 6. The Morgan fingerprint density at radius 2 is 1.80 bits per heavy atom. The zero-order chi connectivity index (χ0) is 14.5. The van der Waals surface area contributed by atoms with Crippen molar-refractivity contribution in [2.24, 2.45) is 0 Å². The SMILES string of the molecule is CCN(CC)c1ccc(Nc2nccn2C(C)C)cc1. The third kappa shape index (κ3) is 3.13. The molecular weight excluding hydrogens is 248 g/mol. The van der Waals surface area contributed by atoms with Crippen molar-refractivity contribution < 1.29 is 0 Å². The summed E-state index contributed by atoms with van der Waals surface area (Å²) >= 11 is 0. The van der Waals surface area contributed by atoms with Crippen LogP contribution in [0.15, 0.2) is 36.7 Å². The molecule has 0 aliphatic carbocycles. The second-order valence-electron chi connectivity index (χ2n) is 5.10. The van der Waals surface area contributed by atoms with Gasteiger partial charge in [-0.15, -0.1) is 0 Å². The molecule has 4 heteroatoms. The van der Waals surface area contributed by atoms with E-state index in [1.807, 2.05) is 12.4 Å². The Kier molecular flexibility index (Phi) is 4.66. The third-order valence-electron chi connectivity index (χ3n) is 3.48. The van der Waals surface area contributed by atoms with Gasteiger partial charge in [0.1, 0.15) is 0 Å². The molecule has 0 saturated carbocycles. The van der Waals surface area contributed by atoms with Crippen molar-refractivity contribution >= 4 is 17.3 Å². The number of aromatic nitrogens is 2. The van der Waals surface area contributed by atoms with Crippen molar-refractivity contribution in [1.29, 1.82) is 0 Å². The second kappa shape index (κ2) is 6.46. The first-order chi connectivity index (χ1) is 9.65. The minimum absolute atomic E-state index is 0.398. The smallest absolute Gasteiger partial charge is 0.207 e. The van der Waals surface area contributed by atoms with E-state index in [9.17, 15) is 0 Å². The lowest BCUT2D eigenvalue weighted by atomic mass is 10.2. The van der Waals surface area contributed by atoms with E-state index in [1.165, 1.54) is 5.69 Å². The maximum atomic E-state index is 4.36. The largest absolute Gasteiger partial charge is 0.372 e. The molecule has 2 aromatic rings. The Balaban J connectivity index is 2.13. The summed E-state index contributed by atoms with van der Waals surface area (Å²) in [5.74, 6) is 0.885. The number of benzene rings is 1. The van der Waals surface area contributed by atoms with E-state index in [4.69, 9.17) is 0 Å². The summed E-state index contributed by atoms with van der Waals surface area (Å²) in [6.07, 6.45) is 3.82. The van der Waals surface area contributed by atoms with Crippen molar-refractivity contribution in [3.05, 3.63) is 36.7 Å². The summed E-state index contributed by atoms with van der Waals surface area (Å²) in [6.45, 7) is 10.7. The van der Waals surface area contributed by atoms with Gasteiger partial charge in [0.05, 0.1) is 0 Å². The summed E-state index contributed by atoms with van der Waals surface area (Å²) in [4.78, 5) is 6.70. The fourth-order valence-corrected chi connectivity index (χ4v) is 2.30. The predicted molar refractivity (Wildman–Crippen MR) is 85.9 cm³/mol. The number of hydrogen-bond acceptors (Lipinski definition) is 3. The fourth-order valence-electron chi connectivity index (χ4n) is 2.30.